The second kappa shape index (κ2) is 6.91. The molecule has 0 spiro atoms. The van der Waals surface area contributed by atoms with Crippen LogP contribution < -0.4 is 0 Å². The fourth-order valence-electron chi connectivity index (χ4n) is 1.28. The fraction of sp³-hybridized carbons (Fsp3) is 0.500. The van der Waals surface area contributed by atoms with Crippen LogP contribution in [0, 0.1) is 6.07 Å². The average molecular weight is 208 g/mol. The molecule has 0 heterocycles. The smallest absolute Gasteiger partial charge is 0.0230 e. The highest BCUT2D eigenvalue weighted by molar-refractivity contribution is 7.97. The van der Waals surface area contributed by atoms with Gasteiger partial charge in [-0.15, -0.1) is 0 Å². The lowest BCUT2D eigenvalue weighted by Crippen LogP contribution is -2.17. The molecule has 0 aliphatic carbocycles. The normalized spacial score (nSPS) is 10.8. The van der Waals surface area contributed by atoms with Crippen LogP contribution in [0.1, 0.15) is 26.7 Å². The van der Waals surface area contributed by atoms with E-state index in [-0.39, 0.29) is 0 Å². The van der Waals surface area contributed by atoms with E-state index in [0.29, 0.717) is 0 Å². The molecule has 0 aromatic heterocycles. The van der Waals surface area contributed by atoms with Gasteiger partial charge in [0.1, 0.15) is 0 Å². The first-order chi connectivity index (χ1) is 6.86. The summed E-state index contributed by atoms with van der Waals surface area (Å²) >= 11 is 1.85. The fourth-order valence-corrected chi connectivity index (χ4v) is 2.39. The zero-order valence-electron chi connectivity index (χ0n) is 8.99. The Morgan fingerprint density at radius 3 is 2.21 bits per heavy atom. The Balaban J connectivity index is 2.46. The average Bonchev–Trinajstić information content (AvgIpc) is 2.20. The molecule has 14 heavy (non-hydrogen) atoms. The Hall–Kier alpha value is -0.470. The van der Waals surface area contributed by atoms with E-state index in [9.17, 15) is 0 Å². The minimum absolute atomic E-state index is 1.16. The van der Waals surface area contributed by atoms with Crippen molar-refractivity contribution in [1.29, 1.82) is 0 Å². The lowest BCUT2D eigenvalue weighted by Gasteiger charge is -2.19. The highest BCUT2D eigenvalue weighted by Crippen LogP contribution is 2.22. The Morgan fingerprint density at radius 1 is 1.14 bits per heavy atom. The third kappa shape index (κ3) is 4.16. The van der Waals surface area contributed by atoms with Crippen molar-refractivity contribution in [2.45, 2.75) is 31.6 Å². The molecule has 1 aromatic rings. The topological polar surface area (TPSA) is 3.24 Å². The first-order valence-electron chi connectivity index (χ1n) is 5.25. The molecule has 1 radical (unpaired) electrons. The van der Waals surface area contributed by atoms with E-state index in [0.717, 1.165) is 13.1 Å². The van der Waals surface area contributed by atoms with Crippen LogP contribution in [0.3, 0.4) is 0 Å². The molecule has 0 bridgehead atoms. The zero-order valence-corrected chi connectivity index (χ0v) is 9.81. The molecule has 0 atom stereocenters. The highest BCUT2D eigenvalue weighted by atomic mass is 32.2. The van der Waals surface area contributed by atoms with Gasteiger partial charge in [-0.1, -0.05) is 26.0 Å². The summed E-state index contributed by atoms with van der Waals surface area (Å²) in [6.45, 7) is 6.78. The highest BCUT2D eigenvalue weighted by Gasteiger charge is 2.03. The minimum Gasteiger partial charge on any atom is -0.246 e. The molecule has 1 nitrogen and oxygen atoms in total. The first-order valence-corrected chi connectivity index (χ1v) is 6.03. The van der Waals surface area contributed by atoms with Crippen molar-refractivity contribution in [1.82, 2.24) is 4.31 Å². The van der Waals surface area contributed by atoms with Crippen LogP contribution in [-0.4, -0.2) is 17.4 Å². The van der Waals surface area contributed by atoms with E-state index < -0.39 is 0 Å². The minimum atomic E-state index is 1.16. The van der Waals surface area contributed by atoms with Gasteiger partial charge in [0.15, 0.2) is 0 Å². The number of rotatable bonds is 6. The van der Waals surface area contributed by atoms with Crippen LogP contribution in [-0.2, 0) is 0 Å². The quantitative estimate of drug-likeness (QED) is 0.657. The van der Waals surface area contributed by atoms with E-state index >= 15 is 0 Å². The molecule has 0 saturated carbocycles. The van der Waals surface area contributed by atoms with Crippen molar-refractivity contribution >= 4 is 11.9 Å². The lowest BCUT2D eigenvalue weighted by atomic mass is 10.4. The molecule has 1 rings (SSSR count). The molecule has 1 aromatic carbocycles. The van der Waals surface area contributed by atoms with Gasteiger partial charge in [-0.25, -0.2) is 4.31 Å². The summed E-state index contributed by atoms with van der Waals surface area (Å²) in [5.74, 6) is 0. The Labute approximate surface area is 91.6 Å². The summed E-state index contributed by atoms with van der Waals surface area (Å²) in [6, 6.07) is 11.2. The number of nitrogens with zero attached hydrogens (tertiary/aromatic N) is 1. The number of hydrogen-bond donors (Lipinski definition) is 0. The summed E-state index contributed by atoms with van der Waals surface area (Å²) in [6.07, 6.45) is 2.43. The van der Waals surface area contributed by atoms with E-state index in [2.05, 4.69) is 36.4 Å². The predicted octanol–water partition coefficient (Wildman–Crippen LogP) is 3.62. The number of benzene rings is 1. The van der Waals surface area contributed by atoms with Gasteiger partial charge in [0.05, 0.1) is 0 Å². The zero-order chi connectivity index (χ0) is 10.2. The van der Waals surface area contributed by atoms with E-state index in [1.165, 1.54) is 17.7 Å². The molecule has 0 N–H and O–H groups in total. The van der Waals surface area contributed by atoms with Crippen molar-refractivity contribution < 1.29 is 0 Å². The van der Waals surface area contributed by atoms with Gasteiger partial charge in [0, 0.05) is 18.0 Å². The largest absolute Gasteiger partial charge is 0.246 e. The van der Waals surface area contributed by atoms with E-state index in [1.807, 2.05) is 24.1 Å². The van der Waals surface area contributed by atoms with Crippen LogP contribution in [0.15, 0.2) is 29.2 Å². The molecule has 2 heteroatoms. The van der Waals surface area contributed by atoms with Gasteiger partial charge in [-0.3, -0.25) is 0 Å². The van der Waals surface area contributed by atoms with Crippen LogP contribution >= 0.6 is 11.9 Å². The molecular formula is C12H18NS. The van der Waals surface area contributed by atoms with Crippen molar-refractivity contribution in [3.63, 3.8) is 0 Å². The monoisotopic (exact) mass is 208 g/mol. The van der Waals surface area contributed by atoms with E-state index in [1.54, 1.807) is 0 Å². The molecule has 0 aliphatic heterocycles. The van der Waals surface area contributed by atoms with Crippen LogP contribution in [0.25, 0.3) is 0 Å². The third-order valence-corrected chi connectivity index (χ3v) is 2.97. The Morgan fingerprint density at radius 2 is 1.71 bits per heavy atom. The Bertz CT molecular complexity index is 229. The third-order valence-electron chi connectivity index (χ3n) is 1.87. The molecule has 0 unspecified atom stereocenters. The molecular weight excluding hydrogens is 190 g/mol. The van der Waals surface area contributed by atoms with Crippen molar-refractivity contribution in [3.8, 4) is 0 Å². The summed E-state index contributed by atoms with van der Waals surface area (Å²) in [5, 5.41) is 0. The van der Waals surface area contributed by atoms with Crippen LogP contribution in [0.5, 0.6) is 0 Å². The summed E-state index contributed by atoms with van der Waals surface area (Å²) in [4.78, 5) is 1.31. The first kappa shape index (κ1) is 11.6. The van der Waals surface area contributed by atoms with Crippen LogP contribution in [0.2, 0.25) is 0 Å². The molecule has 77 valence electrons. The summed E-state index contributed by atoms with van der Waals surface area (Å²) < 4.78 is 2.43. The van der Waals surface area contributed by atoms with Gasteiger partial charge in [0.25, 0.3) is 0 Å². The van der Waals surface area contributed by atoms with Gasteiger partial charge >= 0.3 is 0 Å². The van der Waals surface area contributed by atoms with Crippen molar-refractivity contribution in [3.05, 3.63) is 30.3 Å². The van der Waals surface area contributed by atoms with Crippen LogP contribution in [0.4, 0.5) is 0 Å². The van der Waals surface area contributed by atoms with Gasteiger partial charge < -0.3 is 0 Å². The molecule has 0 saturated heterocycles. The van der Waals surface area contributed by atoms with E-state index in [4.69, 9.17) is 0 Å². The molecule has 0 fully saturated rings. The molecule has 0 amide bonds. The summed E-state index contributed by atoms with van der Waals surface area (Å²) in [5.41, 5.74) is 0. The second-order valence-corrected chi connectivity index (χ2v) is 4.43. The van der Waals surface area contributed by atoms with Gasteiger partial charge in [-0.2, -0.15) is 0 Å². The lowest BCUT2D eigenvalue weighted by molar-refractivity contribution is 0.467. The SMILES string of the molecule is CCCN(CCC)Sc1cc[c]cc1. The van der Waals surface area contributed by atoms with Gasteiger partial charge in [-0.05, 0) is 43.0 Å². The van der Waals surface area contributed by atoms with Crippen molar-refractivity contribution in [2.24, 2.45) is 0 Å². The summed E-state index contributed by atoms with van der Waals surface area (Å²) in [7, 11) is 0. The predicted molar refractivity (Wildman–Crippen MR) is 63.3 cm³/mol. The maximum Gasteiger partial charge on any atom is 0.0230 e. The maximum absolute atomic E-state index is 3.04. The molecule has 0 aliphatic rings. The van der Waals surface area contributed by atoms with Crippen molar-refractivity contribution in [2.75, 3.05) is 13.1 Å². The second-order valence-electron chi connectivity index (χ2n) is 3.26. The number of hydrogen-bond acceptors (Lipinski definition) is 2. The standard InChI is InChI=1S/C12H18NS/c1-3-10-13(11-4-2)14-12-8-6-5-7-9-12/h6-9H,3-4,10-11H2,1-2H3. The van der Waals surface area contributed by atoms with Gasteiger partial charge in [0.2, 0.25) is 0 Å². The Kier molecular flexibility index (Phi) is 5.72. The maximum atomic E-state index is 3.04.